The molecular weight excluding hydrogens is 452 g/mol. The van der Waals surface area contributed by atoms with Gasteiger partial charge in [0.1, 0.15) is 10.7 Å². The van der Waals surface area contributed by atoms with Gasteiger partial charge in [-0.1, -0.05) is 11.3 Å². The maximum atomic E-state index is 14.5. The van der Waals surface area contributed by atoms with Gasteiger partial charge < -0.3 is 20.9 Å². The van der Waals surface area contributed by atoms with Gasteiger partial charge in [0.2, 0.25) is 15.2 Å². The third kappa shape index (κ3) is 6.07. The minimum Gasteiger partial charge on any atom is -0.394 e. The fourth-order valence-corrected chi connectivity index (χ4v) is 5.44. The van der Waals surface area contributed by atoms with Crippen molar-refractivity contribution in [1.82, 2.24) is 14.5 Å². The Kier molecular flexibility index (Phi) is 8.11. The lowest BCUT2D eigenvalue weighted by molar-refractivity contribution is 0.00318. The number of nitrogens with zero attached hydrogens (tertiary/aromatic N) is 3. The van der Waals surface area contributed by atoms with Crippen molar-refractivity contribution in [3.63, 3.8) is 0 Å². The number of hydrogen-bond donors (Lipinski definition) is 3. The molecule has 31 heavy (non-hydrogen) atoms. The molecule has 0 atom stereocenters. The lowest BCUT2D eigenvalue weighted by atomic mass is 10.1. The van der Waals surface area contributed by atoms with Crippen molar-refractivity contribution in [2.75, 3.05) is 43.9 Å². The predicted octanol–water partition coefficient (Wildman–Crippen LogP) is 1.61. The first-order valence-electron chi connectivity index (χ1n) is 9.84. The van der Waals surface area contributed by atoms with Crippen molar-refractivity contribution in [2.24, 2.45) is 0 Å². The molecule has 0 unspecified atom stereocenters. The van der Waals surface area contributed by atoms with Crippen LogP contribution in [-0.4, -0.2) is 67.0 Å². The number of aromatic nitrogens is 2. The normalized spacial score (nSPS) is 16.0. The van der Waals surface area contributed by atoms with E-state index in [0.29, 0.717) is 30.8 Å². The average molecular weight is 478 g/mol. The Hall–Kier alpha value is -1.93. The number of aliphatic hydroxyl groups is 1. The monoisotopic (exact) mass is 477 g/mol. The van der Waals surface area contributed by atoms with Gasteiger partial charge in [-0.05, 0) is 31.4 Å². The van der Waals surface area contributed by atoms with Gasteiger partial charge in [0.15, 0.2) is 11.6 Å². The number of aliphatic hydroxyl groups excluding tert-OH is 1. The zero-order valence-electron chi connectivity index (χ0n) is 16.8. The summed E-state index contributed by atoms with van der Waals surface area (Å²) in [6, 6.07) is 1.67. The summed E-state index contributed by atoms with van der Waals surface area (Å²) in [6.45, 7) is 0.710. The summed E-state index contributed by atoms with van der Waals surface area (Å²) in [6.07, 6.45) is 1.85. The van der Waals surface area contributed by atoms with E-state index in [1.807, 2.05) is 0 Å². The molecule has 0 aliphatic carbocycles. The van der Waals surface area contributed by atoms with Gasteiger partial charge in [0, 0.05) is 26.1 Å². The van der Waals surface area contributed by atoms with Gasteiger partial charge in [0.05, 0.1) is 24.2 Å². The predicted molar refractivity (Wildman–Crippen MR) is 112 cm³/mol. The first-order valence-corrected chi connectivity index (χ1v) is 12.1. The number of rotatable bonds is 10. The van der Waals surface area contributed by atoms with Crippen molar-refractivity contribution in [3.8, 4) is 0 Å². The second-order valence-corrected chi connectivity index (χ2v) is 10.1. The number of anilines is 2. The number of nitrogens with two attached hydrogens (primary N) is 1. The molecule has 2 aromatic rings. The molecule has 9 nitrogen and oxygen atoms in total. The number of nitrogen functional groups attached to an aromatic ring is 1. The summed E-state index contributed by atoms with van der Waals surface area (Å²) in [5.74, 6) is -1.94. The lowest BCUT2D eigenvalue weighted by Gasteiger charge is -2.31. The summed E-state index contributed by atoms with van der Waals surface area (Å²) in [7, 11) is -4.03. The molecule has 1 aliphatic heterocycles. The van der Waals surface area contributed by atoms with Gasteiger partial charge in [-0.2, -0.15) is 4.31 Å². The van der Waals surface area contributed by atoms with Crippen LogP contribution in [0.25, 0.3) is 0 Å². The van der Waals surface area contributed by atoms with Gasteiger partial charge in [0.25, 0.3) is 0 Å². The lowest BCUT2D eigenvalue weighted by Crippen LogP contribution is -2.41. The maximum absolute atomic E-state index is 14.5. The Morgan fingerprint density at radius 2 is 1.94 bits per heavy atom. The van der Waals surface area contributed by atoms with Crippen LogP contribution in [0.4, 0.5) is 19.6 Å². The smallest absolute Gasteiger partial charge is 0.243 e. The second kappa shape index (κ2) is 10.6. The number of halogens is 2. The summed E-state index contributed by atoms with van der Waals surface area (Å²) >= 11 is 1.25. The van der Waals surface area contributed by atoms with Gasteiger partial charge in [-0.25, -0.2) is 17.2 Å². The van der Waals surface area contributed by atoms with E-state index < -0.39 is 26.6 Å². The first kappa shape index (κ1) is 23.7. The van der Waals surface area contributed by atoms with Gasteiger partial charge >= 0.3 is 0 Å². The quantitative estimate of drug-likeness (QED) is 0.440. The average Bonchev–Trinajstić information content (AvgIpc) is 3.16. The molecule has 0 bridgehead atoms. The minimum absolute atomic E-state index is 0.103. The van der Waals surface area contributed by atoms with Crippen molar-refractivity contribution < 1.29 is 27.0 Å². The zero-order valence-corrected chi connectivity index (χ0v) is 18.4. The number of aryl methyl sites for hydroxylation is 1. The zero-order chi connectivity index (χ0) is 22.4. The molecule has 1 aromatic heterocycles. The van der Waals surface area contributed by atoms with Crippen molar-refractivity contribution in [2.45, 2.75) is 36.7 Å². The fraction of sp³-hybridized carbons (Fsp3) is 0.556. The van der Waals surface area contributed by atoms with E-state index in [9.17, 15) is 17.2 Å². The second-order valence-electron chi connectivity index (χ2n) is 7.02. The molecule has 1 aliphatic rings. The number of ether oxygens (including phenoxy) is 1. The SMILES string of the molecule is Nc1nnc(CCCNc2c(F)cc(S(=O)(=O)N3CCC(OCCO)CC3)cc2F)s1. The van der Waals surface area contributed by atoms with E-state index in [4.69, 9.17) is 15.6 Å². The number of piperidine rings is 1. The highest BCUT2D eigenvalue weighted by Gasteiger charge is 2.31. The maximum Gasteiger partial charge on any atom is 0.243 e. The van der Waals surface area contributed by atoms with Crippen molar-refractivity contribution >= 4 is 32.2 Å². The molecular formula is C18H25F2N5O4S2. The molecule has 0 amide bonds. The molecule has 2 heterocycles. The first-order chi connectivity index (χ1) is 14.8. The molecule has 172 valence electrons. The number of hydrogen-bond acceptors (Lipinski definition) is 9. The van der Waals surface area contributed by atoms with Crippen LogP contribution in [0.2, 0.25) is 0 Å². The van der Waals surface area contributed by atoms with E-state index in [-0.39, 0.29) is 44.6 Å². The third-order valence-corrected chi connectivity index (χ3v) is 7.54. The Morgan fingerprint density at radius 1 is 1.26 bits per heavy atom. The van der Waals surface area contributed by atoms with Crippen LogP contribution >= 0.6 is 11.3 Å². The van der Waals surface area contributed by atoms with E-state index >= 15 is 0 Å². The van der Waals surface area contributed by atoms with Crippen LogP contribution in [0, 0.1) is 11.6 Å². The van der Waals surface area contributed by atoms with E-state index in [1.54, 1.807) is 0 Å². The van der Waals surface area contributed by atoms with Crippen LogP contribution < -0.4 is 11.1 Å². The third-order valence-electron chi connectivity index (χ3n) is 4.85. The molecule has 0 radical (unpaired) electrons. The number of sulfonamides is 1. The van der Waals surface area contributed by atoms with Crippen LogP contribution in [0.5, 0.6) is 0 Å². The van der Waals surface area contributed by atoms with E-state index in [0.717, 1.165) is 17.1 Å². The van der Waals surface area contributed by atoms with Crippen LogP contribution in [0.1, 0.15) is 24.3 Å². The van der Waals surface area contributed by atoms with E-state index in [2.05, 4.69) is 15.5 Å². The Balaban J connectivity index is 1.59. The number of benzene rings is 1. The Morgan fingerprint density at radius 3 is 2.52 bits per heavy atom. The van der Waals surface area contributed by atoms with Crippen LogP contribution in [0.15, 0.2) is 17.0 Å². The summed E-state index contributed by atoms with van der Waals surface area (Å²) in [4.78, 5) is -0.424. The highest BCUT2D eigenvalue weighted by molar-refractivity contribution is 7.89. The van der Waals surface area contributed by atoms with Crippen molar-refractivity contribution in [1.29, 1.82) is 0 Å². The van der Waals surface area contributed by atoms with Gasteiger partial charge in [-0.15, -0.1) is 10.2 Å². The molecule has 1 fully saturated rings. The summed E-state index contributed by atoms with van der Waals surface area (Å²) < 4.78 is 61.2. The van der Waals surface area contributed by atoms with E-state index in [1.165, 1.54) is 15.6 Å². The molecule has 1 aromatic carbocycles. The number of nitrogens with one attached hydrogen (secondary N) is 1. The highest BCUT2D eigenvalue weighted by Crippen LogP contribution is 2.27. The molecule has 1 saturated heterocycles. The standard InChI is InChI=1S/C18H25F2N5O4S2/c19-14-10-13(31(27,28)25-6-3-12(4-7-25)29-9-8-26)11-15(20)17(14)22-5-1-2-16-23-24-18(21)30-16/h10-12,22,26H,1-9H2,(H2,21,24). The summed E-state index contributed by atoms with van der Waals surface area (Å²) in [5.41, 5.74) is 5.14. The molecule has 13 heteroatoms. The Bertz CT molecular complexity index is 958. The molecule has 3 rings (SSSR count). The largest absolute Gasteiger partial charge is 0.394 e. The highest BCUT2D eigenvalue weighted by atomic mass is 32.2. The summed E-state index contributed by atoms with van der Waals surface area (Å²) in [5, 5.41) is 20.1. The topological polar surface area (TPSA) is 131 Å². The van der Waals surface area contributed by atoms with Crippen molar-refractivity contribution in [3.05, 3.63) is 28.8 Å². The minimum atomic E-state index is -4.03. The molecule has 0 spiro atoms. The van der Waals surface area contributed by atoms with Gasteiger partial charge in [-0.3, -0.25) is 0 Å². The van der Waals surface area contributed by atoms with Crippen LogP contribution in [0.3, 0.4) is 0 Å². The fourth-order valence-electron chi connectivity index (χ4n) is 3.30. The molecule has 4 N–H and O–H groups in total. The van der Waals surface area contributed by atoms with Crippen LogP contribution in [-0.2, 0) is 21.2 Å². The Labute approximate surface area is 183 Å². The molecule has 0 saturated carbocycles.